The van der Waals surface area contributed by atoms with Gasteiger partial charge in [-0.2, -0.15) is 0 Å². The number of para-hydroxylation sites is 1. The monoisotopic (exact) mass is 526 g/mol. The minimum atomic E-state index is -2.96. The summed E-state index contributed by atoms with van der Waals surface area (Å²) in [6, 6.07) is 7.89. The van der Waals surface area contributed by atoms with E-state index in [1.807, 2.05) is 52.2 Å². The van der Waals surface area contributed by atoms with E-state index in [0.29, 0.717) is 25.5 Å². The van der Waals surface area contributed by atoms with Gasteiger partial charge in [0.05, 0.1) is 12.3 Å². The Balaban J connectivity index is 0.00000729. The molecule has 0 fully saturated rings. The zero-order valence-electron chi connectivity index (χ0n) is 17.6. The quantitative estimate of drug-likeness (QED) is 0.261. The molecule has 1 unspecified atom stereocenters. The molecule has 1 rings (SSSR count). The average Bonchev–Trinajstić information content (AvgIpc) is 2.58. The molecule has 0 spiro atoms. The fourth-order valence-corrected chi connectivity index (χ4v) is 3.08. The van der Waals surface area contributed by atoms with Gasteiger partial charge in [-0.3, -0.25) is 0 Å². The smallest absolute Gasteiger partial charge is 0.191 e. The third-order valence-electron chi connectivity index (χ3n) is 3.83. The van der Waals surface area contributed by atoms with Gasteiger partial charge in [0.25, 0.3) is 0 Å². The van der Waals surface area contributed by atoms with Gasteiger partial charge >= 0.3 is 0 Å². The highest BCUT2D eigenvalue weighted by Gasteiger charge is 2.10. The number of hydrogen-bond donors (Lipinski definition) is 2. The van der Waals surface area contributed by atoms with Crippen LogP contribution in [0.25, 0.3) is 0 Å². The Morgan fingerprint density at radius 1 is 1.29 bits per heavy atom. The van der Waals surface area contributed by atoms with Crippen LogP contribution in [0.15, 0.2) is 29.3 Å². The van der Waals surface area contributed by atoms with Gasteiger partial charge in [0, 0.05) is 31.0 Å². The second kappa shape index (κ2) is 14.0. The van der Waals surface area contributed by atoms with Crippen molar-refractivity contribution in [3.05, 3.63) is 29.8 Å². The summed E-state index contributed by atoms with van der Waals surface area (Å²) in [5.41, 5.74) is 1.01. The predicted molar refractivity (Wildman–Crippen MR) is 128 cm³/mol. The number of sulfone groups is 1. The lowest BCUT2D eigenvalue weighted by Crippen LogP contribution is -2.42. The molecule has 1 atom stereocenters. The Hall–Kier alpha value is -1.07. The zero-order chi connectivity index (χ0) is 20.3. The highest BCUT2D eigenvalue weighted by Crippen LogP contribution is 2.18. The van der Waals surface area contributed by atoms with Crippen molar-refractivity contribution in [1.82, 2.24) is 15.5 Å². The summed E-state index contributed by atoms with van der Waals surface area (Å²) in [5, 5.41) is 6.47. The van der Waals surface area contributed by atoms with Gasteiger partial charge < -0.3 is 20.3 Å². The Morgan fingerprint density at radius 3 is 2.57 bits per heavy atom. The van der Waals surface area contributed by atoms with E-state index >= 15 is 0 Å². The van der Waals surface area contributed by atoms with Crippen LogP contribution in [-0.2, 0) is 16.4 Å². The number of guanidine groups is 1. The Bertz CT molecular complexity index is 696. The molecule has 1 aromatic rings. The van der Waals surface area contributed by atoms with E-state index in [0.717, 1.165) is 24.4 Å². The molecular weight excluding hydrogens is 491 g/mol. The molecule has 0 aliphatic carbocycles. The van der Waals surface area contributed by atoms with Gasteiger partial charge in [-0.15, -0.1) is 24.0 Å². The first kappa shape index (κ1) is 26.9. The normalized spacial score (nSPS) is 13.0. The van der Waals surface area contributed by atoms with Crippen LogP contribution in [0.3, 0.4) is 0 Å². The first-order valence-electron chi connectivity index (χ1n) is 9.29. The molecule has 7 nitrogen and oxygen atoms in total. The lowest BCUT2D eigenvalue weighted by molar-refractivity contribution is 0.259. The number of nitrogens with zero attached hydrogens (tertiary/aromatic N) is 2. The topological polar surface area (TPSA) is 83.0 Å². The molecule has 0 radical (unpaired) electrons. The van der Waals surface area contributed by atoms with Gasteiger partial charge in [0.2, 0.25) is 0 Å². The number of hydrogen-bond acceptors (Lipinski definition) is 5. The number of halogens is 1. The van der Waals surface area contributed by atoms with Crippen LogP contribution in [0.4, 0.5) is 0 Å². The fraction of sp³-hybridized carbons (Fsp3) is 0.632. The van der Waals surface area contributed by atoms with Gasteiger partial charge in [0.15, 0.2) is 5.96 Å². The van der Waals surface area contributed by atoms with Crippen LogP contribution in [0.2, 0.25) is 0 Å². The van der Waals surface area contributed by atoms with Crippen LogP contribution >= 0.6 is 24.0 Å². The molecule has 0 aliphatic heterocycles. The summed E-state index contributed by atoms with van der Waals surface area (Å²) in [6.45, 7) is 6.62. The molecule has 1 aromatic carbocycles. The van der Waals surface area contributed by atoms with E-state index in [-0.39, 0.29) is 35.8 Å². The van der Waals surface area contributed by atoms with Crippen molar-refractivity contribution < 1.29 is 13.2 Å². The second-order valence-electron chi connectivity index (χ2n) is 6.92. The number of ether oxygens (including phenoxy) is 1. The van der Waals surface area contributed by atoms with E-state index in [4.69, 9.17) is 4.74 Å². The molecule has 0 aromatic heterocycles. The maximum atomic E-state index is 11.3. The highest BCUT2D eigenvalue weighted by molar-refractivity contribution is 14.0. The largest absolute Gasteiger partial charge is 0.492 e. The molecular formula is C19H35IN4O3S. The molecule has 0 aliphatic rings. The average molecular weight is 526 g/mol. The number of benzene rings is 1. The summed E-state index contributed by atoms with van der Waals surface area (Å²) in [4.78, 5) is 6.70. The third kappa shape index (κ3) is 12.4. The van der Waals surface area contributed by atoms with Crippen LogP contribution in [0.5, 0.6) is 5.75 Å². The van der Waals surface area contributed by atoms with E-state index < -0.39 is 9.84 Å². The number of nitrogens with one attached hydrogen (secondary N) is 2. The number of rotatable bonds is 11. The van der Waals surface area contributed by atoms with Crippen molar-refractivity contribution in [2.45, 2.75) is 32.9 Å². The van der Waals surface area contributed by atoms with E-state index in [1.165, 1.54) is 6.26 Å². The van der Waals surface area contributed by atoms with Gasteiger partial charge in [-0.1, -0.05) is 18.2 Å². The summed E-state index contributed by atoms with van der Waals surface area (Å²) in [7, 11) is 1.06. The first-order valence-corrected chi connectivity index (χ1v) is 11.3. The van der Waals surface area contributed by atoms with Gasteiger partial charge in [-0.25, -0.2) is 13.4 Å². The third-order valence-corrected chi connectivity index (χ3v) is 4.80. The predicted octanol–water partition coefficient (Wildman–Crippen LogP) is 2.12. The lowest BCUT2D eigenvalue weighted by Gasteiger charge is -2.18. The van der Waals surface area contributed by atoms with E-state index in [2.05, 4.69) is 20.5 Å². The van der Waals surface area contributed by atoms with Crippen molar-refractivity contribution in [2.24, 2.45) is 4.99 Å². The van der Waals surface area contributed by atoms with E-state index in [9.17, 15) is 8.42 Å². The van der Waals surface area contributed by atoms with E-state index in [1.54, 1.807) is 0 Å². The SMILES string of the molecule is CCNC(=NCc1ccccc1OCCN(C)C)NC(C)CCS(C)(=O)=O.I. The number of likely N-dealkylation sites (N-methyl/N-ethyl adjacent to an activating group) is 1. The van der Waals surface area contributed by atoms with Crippen molar-refractivity contribution in [1.29, 1.82) is 0 Å². The fourth-order valence-electron chi connectivity index (χ4n) is 2.29. The zero-order valence-corrected chi connectivity index (χ0v) is 20.7. The Labute approximate surface area is 187 Å². The number of aliphatic imine (C=N–C) groups is 1. The van der Waals surface area contributed by atoms with Crippen LogP contribution in [0, 0.1) is 0 Å². The molecule has 28 heavy (non-hydrogen) atoms. The molecule has 9 heteroatoms. The van der Waals surface area contributed by atoms with Crippen molar-refractivity contribution in [3.8, 4) is 5.75 Å². The minimum absolute atomic E-state index is 0. The maximum Gasteiger partial charge on any atom is 0.191 e. The van der Waals surface area contributed by atoms with Crippen molar-refractivity contribution >= 4 is 39.8 Å². The van der Waals surface area contributed by atoms with Crippen LogP contribution in [-0.4, -0.2) is 71.1 Å². The van der Waals surface area contributed by atoms with Crippen LogP contribution < -0.4 is 15.4 Å². The summed E-state index contributed by atoms with van der Waals surface area (Å²) < 4.78 is 28.5. The summed E-state index contributed by atoms with van der Waals surface area (Å²) in [5.74, 6) is 1.66. The molecule has 0 saturated heterocycles. The summed E-state index contributed by atoms with van der Waals surface area (Å²) >= 11 is 0. The molecule has 2 N–H and O–H groups in total. The second-order valence-corrected chi connectivity index (χ2v) is 9.18. The highest BCUT2D eigenvalue weighted by atomic mass is 127. The Morgan fingerprint density at radius 2 is 1.96 bits per heavy atom. The van der Waals surface area contributed by atoms with Crippen molar-refractivity contribution in [2.75, 3.05) is 45.8 Å². The molecule has 0 saturated carbocycles. The molecule has 0 amide bonds. The van der Waals surface area contributed by atoms with Gasteiger partial charge in [-0.05, 0) is 40.4 Å². The standard InChI is InChI=1S/C19H34N4O3S.HI/c1-6-20-19(22-16(2)11-14-27(5,24)25)21-15-17-9-7-8-10-18(17)26-13-12-23(3)4;/h7-10,16H,6,11-15H2,1-5H3,(H2,20,21,22);1H. The first-order chi connectivity index (χ1) is 12.7. The molecule has 162 valence electrons. The lowest BCUT2D eigenvalue weighted by atomic mass is 10.2. The van der Waals surface area contributed by atoms with Crippen molar-refractivity contribution in [3.63, 3.8) is 0 Å². The molecule has 0 bridgehead atoms. The maximum absolute atomic E-state index is 11.3. The summed E-state index contributed by atoms with van der Waals surface area (Å²) in [6.07, 6.45) is 1.79. The Kier molecular flexibility index (Phi) is 13.5. The minimum Gasteiger partial charge on any atom is -0.492 e. The van der Waals surface area contributed by atoms with Crippen LogP contribution in [0.1, 0.15) is 25.8 Å². The molecule has 0 heterocycles. The van der Waals surface area contributed by atoms with Gasteiger partial charge in [0.1, 0.15) is 22.2 Å².